The number of hydrogen-bond acceptors (Lipinski definition) is 4. The van der Waals surface area contributed by atoms with Crippen LogP contribution in [0.2, 0.25) is 0 Å². The Morgan fingerprint density at radius 2 is 1.50 bits per heavy atom. The van der Waals surface area contributed by atoms with E-state index in [2.05, 4.69) is 0 Å². The van der Waals surface area contributed by atoms with Gasteiger partial charge >= 0.3 is 0 Å². The topological polar surface area (TPSA) is 108 Å². The van der Waals surface area contributed by atoms with Crippen LogP contribution in [0.4, 0.5) is 0 Å². The second-order valence-corrected chi connectivity index (χ2v) is 1.30. The summed E-state index contributed by atoms with van der Waals surface area (Å²) in [5, 5.41) is 2.03. The molecule has 0 fully saturated rings. The first-order chi connectivity index (χ1) is 4.70. The van der Waals surface area contributed by atoms with E-state index in [-0.39, 0.29) is 11.8 Å². The third-order valence-electron chi connectivity index (χ3n) is 0.632. The standard InChI is InChI=1S/C4H3NO2.H2N3/c6-3-1-2-4(7)5-3;1-3-2/h1-2H,(H,5,6,7);1-2H/q;+1. The Bertz CT molecular complexity index is 197. The van der Waals surface area contributed by atoms with Gasteiger partial charge in [0.05, 0.1) is 0 Å². The molecule has 0 spiro atoms. The van der Waals surface area contributed by atoms with Crippen molar-refractivity contribution in [3.63, 3.8) is 0 Å². The fourth-order valence-corrected chi connectivity index (χ4v) is 0.356. The number of nitrogens with one attached hydrogen (secondary N) is 3. The van der Waals surface area contributed by atoms with Crippen molar-refractivity contribution in [3.05, 3.63) is 12.2 Å². The minimum Gasteiger partial charge on any atom is -0.289 e. The van der Waals surface area contributed by atoms with E-state index >= 15 is 0 Å². The van der Waals surface area contributed by atoms with Gasteiger partial charge in [-0.3, -0.25) is 14.9 Å². The average molecular weight is 141 g/mol. The molecule has 6 nitrogen and oxygen atoms in total. The third-order valence-corrected chi connectivity index (χ3v) is 0.632. The Balaban J connectivity index is 0.000000236. The summed E-state index contributed by atoms with van der Waals surface area (Å²) in [5.41, 5.74) is 11.0. The Labute approximate surface area is 55.9 Å². The monoisotopic (exact) mass is 141 g/mol. The molecule has 10 heavy (non-hydrogen) atoms. The number of carbonyl (C=O) groups excluding carboxylic acids is 2. The molecule has 0 bridgehead atoms. The highest BCUT2D eigenvalue weighted by Gasteiger charge is 2.06. The number of carbonyl (C=O) groups is 2. The maximum Gasteiger partial charge on any atom is 0.250 e. The number of rotatable bonds is 0. The number of amides is 2. The predicted octanol–water partition coefficient (Wildman–Crippen LogP) is -0.685. The molecule has 1 aliphatic rings. The molecule has 1 rings (SSSR count). The van der Waals surface area contributed by atoms with Crippen molar-refractivity contribution in [2.45, 2.75) is 0 Å². The molecule has 52 valence electrons. The van der Waals surface area contributed by atoms with Gasteiger partial charge in [-0.1, -0.05) is 0 Å². The van der Waals surface area contributed by atoms with E-state index in [4.69, 9.17) is 11.1 Å². The van der Waals surface area contributed by atoms with Gasteiger partial charge in [-0.05, 0) is 0 Å². The van der Waals surface area contributed by atoms with Crippen LogP contribution in [0.15, 0.2) is 12.2 Å². The van der Waals surface area contributed by atoms with Crippen molar-refractivity contribution in [2.24, 2.45) is 0 Å². The predicted molar refractivity (Wildman–Crippen MR) is 29.9 cm³/mol. The molecule has 0 atom stereocenters. The van der Waals surface area contributed by atoms with Gasteiger partial charge in [0.25, 0.3) is 11.8 Å². The lowest BCUT2D eigenvalue weighted by Gasteiger charge is -1.80. The summed E-state index contributed by atoms with van der Waals surface area (Å²) < 4.78 is 0. The first-order valence-electron chi connectivity index (χ1n) is 2.27. The highest BCUT2D eigenvalue weighted by Crippen LogP contribution is 1.82. The summed E-state index contributed by atoms with van der Waals surface area (Å²) in [7, 11) is 0. The van der Waals surface area contributed by atoms with Crippen LogP contribution in [0.5, 0.6) is 0 Å². The molecule has 2 amide bonds. The molecule has 0 saturated heterocycles. The summed E-state index contributed by atoms with van der Waals surface area (Å²) in [6.45, 7) is 0. The Morgan fingerprint density at radius 3 is 1.60 bits per heavy atom. The van der Waals surface area contributed by atoms with E-state index in [0.717, 1.165) is 0 Å². The molecule has 0 saturated carbocycles. The average Bonchev–Trinajstić information content (AvgIpc) is 2.17. The van der Waals surface area contributed by atoms with Crippen LogP contribution in [0.3, 0.4) is 0 Å². The van der Waals surface area contributed by atoms with Gasteiger partial charge in [0, 0.05) is 12.2 Å². The van der Waals surface area contributed by atoms with Crippen molar-refractivity contribution in [1.29, 1.82) is 11.1 Å². The van der Waals surface area contributed by atoms with Crippen LogP contribution >= 0.6 is 0 Å². The second kappa shape index (κ2) is 4.11. The highest BCUT2D eigenvalue weighted by atomic mass is 16.2. The fourth-order valence-electron chi connectivity index (χ4n) is 0.356. The van der Waals surface area contributed by atoms with Gasteiger partial charge in [0.15, 0.2) is 0 Å². The van der Waals surface area contributed by atoms with Crippen LogP contribution in [-0.2, 0) is 9.59 Å². The lowest BCUT2D eigenvalue weighted by Crippen LogP contribution is -2.19. The molecule has 3 N–H and O–H groups in total. The SMILES string of the molecule is N=[N+]=N.O=C1C=CC(=O)N1. The minimum absolute atomic E-state index is 0.329. The maximum absolute atomic E-state index is 10.0. The molecule has 1 aliphatic heterocycles. The third kappa shape index (κ3) is 3.23. The van der Waals surface area contributed by atoms with E-state index < -0.39 is 0 Å². The largest absolute Gasteiger partial charge is 0.289 e. The first kappa shape index (κ1) is 8.19. The second-order valence-electron chi connectivity index (χ2n) is 1.30. The van der Waals surface area contributed by atoms with Crippen LogP contribution in [0.25, 0.3) is 0 Å². The zero-order valence-electron chi connectivity index (χ0n) is 4.92. The van der Waals surface area contributed by atoms with Gasteiger partial charge in [0.1, 0.15) is 11.1 Å². The maximum atomic E-state index is 10.0. The van der Waals surface area contributed by atoms with Crippen LogP contribution in [0, 0.1) is 11.1 Å². The molecule has 1 heterocycles. The van der Waals surface area contributed by atoms with E-state index in [1.54, 1.807) is 0 Å². The van der Waals surface area contributed by atoms with Crippen LogP contribution in [-0.4, -0.2) is 11.8 Å². The van der Waals surface area contributed by atoms with Crippen molar-refractivity contribution < 1.29 is 9.59 Å². The van der Waals surface area contributed by atoms with E-state index in [0.29, 0.717) is 0 Å². The van der Waals surface area contributed by atoms with Crippen LogP contribution in [0.1, 0.15) is 0 Å². The minimum atomic E-state index is -0.329. The smallest absolute Gasteiger partial charge is 0.250 e. The summed E-state index contributed by atoms with van der Waals surface area (Å²) in [6, 6.07) is 0. The van der Waals surface area contributed by atoms with Crippen molar-refractivity contribution in [1.82, 2.24) is 10.2 Å². The zero-order chi connectivity index (χ0) is 7.98. The molecule has 0 radical (unpaired) electrons. The first-order valence-corrected chi connectivity index (χ1v) is 2.27. The lowest BCUT2D eigenvalue weighted by molar-refractivity contribution is -0.123. The molecule has 0 aromatic rings. The Morgan fingerprint density at radius 1 is 1.20 bits per heavy atom. The van der Waals surface area contributed by atoms with Crippen molar-refractivity contribution in [3.8, 4) is 0 Å². The Kier molecular flexibility index (Phi) is 3.36. The van der Waals surface area contributed by atoms with Gasteiger partial charge in [-0.25, -0.2) is 0 Å². The molecule has 0 aliphatic carbocycles. The molecular weight excluding hydrogens is 136 g/mol. The normalized spacial score (nSPS) is 13.2. The molecule has 0 unspecified atom stereocenters. The van der Waals surface area contributed by atoms with Crippen molar-refractivity contribution in [2.75, 3.05) is 0 Å². The van der Waals surface area contributed by atoms with Crippen LogP contribution < -0.4 is 10.2 Å². The highest BCUT2D eigenvalue weighted by molar-refractivity contribution is 6.12. The summed E-state index contributed by atoms with van der Waals surface area (Å²) >= 11 is 0. The summed E-state index contributed by atoms with van der Waals surface area (Å²) in [5.74, 6) is -0.657. The molecule has 6 heteroatoms. The zero-order valence-corrected chi connectivity index (χ0v) is 4.92. The van der Waals surface area contributed by atoms with Gasteiger partial charge in [-0.2, -0.15) is 0 Å². The molecular formula is C4H5N4O2+. The van der Waals surface area contributed by atoms with Gasteiger partial charge in [0.2, 0.25) is 4.91 Å². The van der Waals surface area contributed by atoms with E-state index in [1.807, 2.05) is 10.2 Å². The van der Waals surface area contributed by atoms with Gasteiger partial charge < -0.3 is 0 Å². The van der Waals surface area contributed by atoms with E-state index in [9.17, 15) is 9.59 Å². The summed E-state index contributed by atoms with van der Waals surface area (Å²) in [4.78, 5) is 22.1. The summed E-state index contributed by atoms with van der Waals surface area (Å²) in [6.07, 6.45) is 2.39. The molecule has 0 aromatic heterocycles. The lowest BCUT2D eigenvalue weighted by atomic mass is 10.6. The quantitative estimate of drug-likeness (QED) is 0.236. The molecule has 0 aromatic carbocycles. The Hall–Kier alpha value is -1.81. The fraction of sp³-hybridized carbons (Fsp3) is 0. The number of hydrogen-bond donors (Lipinski definition) is 3. The van der Waals surface area contributed by atoms with Gasteiger partial charge in [-0.15, -0.1) is 0 Å². The number of nitrogens with zero attached hydrogens (tertiary/aromatic N) is 1. The van der Waals surface area contributed by atoms with Crippen molar-refractivity contribution >= 4 is 11.8 Å². The van der Waals surface area contributed by atoms with E-state index in [1.165, 1.54) is 12.2 Å². The number of imide groups is 1.